The molecule has 0 saturated heterocycles. The zero-order chi connectivity index (χ0) is 17.2. The lowest BCUT2D eigenvalue weighted by molar-refractivity contribution is 0.105. The third kappa shape index (κ3) is 6.76. The second-order valence-corrected chi connectivity index (χ2v) is 5.72. The number of halogens is 1. The molecule has 0 fully saturated rings. The third-order valence-electron chi connectivity index (χ3n) is 3.24. The summed E-state index contributed by atoms with van der Waals surface area (Å²) in [7, 11) is 0. The molecule has 0 aromatic heterocycles. The van der Waals surface area contributed by atoms with E-state index in [1.807, 2.05) is 42.5 Å². The van der Waals surface area contributed by atoms with Crippen molar-refractivity contribution in [2.75, 3.05) is 26.3 Å². The minimum absolute atomic E-state index is 0.0422. The first kappa shape index (κ1) is 18.5. The summed E-state index contributed by atoms with van der Waals surface area (Å²) in [6, 6.07) is 14.8. The zero-order valence-corrected chi connectivity index (χ0v) is 14.1. The molecule has 2 rings (SSSR count). The van der Waals surface area contributed by atoms with Crippen molar-refractivity contribution in [1.82, 2.24) is 5.32 Å². The van der Waals surface area contributed by atoms with Crippen molar-refractivity contribution in [3.8, 4) is 11.5 Å². The van der Waals surface area contributed by atoms with Crippen LogP contribution in [0.4, 0.5) is 0 Å². The minimum Gasteiger partial charge on any atom is -0.491 e. The van der Waals surface area contributed by atoms with Crippen molar-refractivity contribution in [2.45, 2.75) is 12.7 Å². The van der Waals surface area contributed by atoms with Gasteiger partial charge in [-0.1, -0.05) is 29.8 Å². The molecule has 0 aliphatic heterocycles. The molecule has 24 heavy (non-hydrogen) atoms. The first-order chi connectivity index (χ1) is 11.7. The van der Waals surface area contributed by atoms with Gasteiger partial charge in [-0.15, -0.1) is 0 Å². The van der Waals surface area contributed by atoms with Crippen LogP contribution in [0.3, 0.4) is 0 Å². The van der Waals surface area contributed by atoms with E-state index in [2.05, 4.69) is 5.32 Å². The van der Waals surface area contributed by atoms with Gasteiger partial charge in [0.1, 0.15) is 30.8 Å². The Morgan fingerprint density at radius 2 is 1.75 bits per heavy atom. The molecule has 0 saturated carbocycles. The number of aliphatic hydroxyl groups excluding tert-OH is 2. The van der Waals surface area contributed by atoms with Crippen molar-refractivity contribution in [3.05, 3.63) is 59.1 Å². The van der Waals surface area contributed by atoms with Crippen molar-refractivity contribution < 1.29 is 19.7 Å². The Morgan fingerprint density at radius 1 is 1.04 bits per heavy atom. The van der Waals surface area contributed by atoms with Gasteiger partial charge < -0.3 is 25.0 Å². The van der Waals surface area contributed by atoms with Gasteiger partial charge in [-0.05, 0) is 29.8 Å². The monoisotopic (exact) mass is 351 g/mol. The molecular weight excluding hydrogens is 330 g/mol. The lowest BCUT2D eigenvalue weighted by atomic mass is 10.2. The largest absolute Gasteiger partial charge is 0.491 e. The van der Waals surface area contributed by atoms with Gasteiger partial charge in [0.2, 0.25) is 0 Å². The van der Waals surface area contributed by atoms with E-state index in [-0.39, 0.29) is 13.2 Å². The maximum absolute atomic E-state index is 9.77. The zero-order valence-electron chi connectivity index (χ0n) is 13.3. The van der Waals surface area contributed by atoms with Crippen molar-refractivity contribution in [2.24, 2.45) is 0 Å². The number of aliphatic hydroxyl groups is 2. The number of hydrogen-bond acceptors (Lipinski definition) is 5. The highest BCUT2D eigenvalue weighted by atomic mass is 35.5. The van der Waals surface area contributed by atoms with Crippen LogP contribution in [0.5, 0.6) is 11.5 Å². The van der Waals surface area contributed by atoms with Crippen LogP contribution in [0.15, 0.2) is 48.5 Å². The van der Waals surface area contributed by atoms with Crippen LogP contribution in [0.25, 0.3) is 0 Å². The van der Waals surface area contributed by atoms with E-state index in [0.717, 1.165) is 5.56 Å². The van der Waals surface area contributed by atoms with E-state index in [1.54, 1.807) is 6.07 Å². The van der Waals surface area contributed by atoms with Gasteiger partial charge in [0.25, 0.3) is 0 Å². The molecule has 0 aliphatic rings. The molecule has 5 nitrogen and oxygen atoms in total. The van der Waals surface area contributed by atoms with Gasteiger partial charge in [-0.25, -0.2) is 0 Å². The highest BCUT2D eigenvalue weighted by molar-refractivity contribution is 6.30. The predicted octanol–water partition coefficient (Wildman–Crippen LogP) is 2.24. The van der Waals surface area contributed by atoms with Gasteiger partial charge >= 0.3 is 0 Å². The summed E-state index contributed by atoms with van der Waals surface area (Å²) >= 11 is 5.86. The summed E-state index contributed by atoms with van der Waals surface area (Å²) in [5.74, 6) is 1.32. The summed E-state index contributed by atoms with van der Waals surface area (Å²) in [5.41, 5.74) is 1.02. The second-order valence-electron chi connectivity index (χ2n) is 5.28. The van der Waals surface area contributed by atoms with Gasteiger partial charge in [-0.3, -0.25) is 0 Å². The van der Waals surface area contributed by atoms with Crippen LogP contribution in [-0.4, -0.2) is 42.6 Å². The Morgan fingerprint density at radius 3 is 2.46 bits per heavy atom. The van der Waals surface area contributed by atoms with E-state index in [0.29, 0.717) is 36.2 Å². The van der Waals surface area contributed by atoms with Crippen LogP contribution in [0.2, 0.25) is 5.02 Å². The predicted molar refractivity (Wildman–Crippen MR) is 93.7 cm³/mol. The molecule has 0 spiro atoms. The van der Waals surface area contributed by atoms with Crippen LogP contribution in [0, 0.1) is 0 Å². The number of rotatable bonds is 10. The molecule has 0 bridgehead atoms. The number of benzene rings is 2. The first-order valence-electron chi connectivity index (χ1n) is 7.77. The fourth-order valence-corrected chi connectivity index (χ4v) is 2.13. The molecule has 0 heterocycles. The Labute approximate surface area is 146 Å². The number of nitrogens with one attached hydrogen (secondary N) is 1. The standard InChI is InChI=1S/C18H22ClNO4/c19-15-6-4-14(5-7-15)12-23-17-2-1-3-18(10-17)24-13-16(22)11-20-8-9-21/h1-7,10,16,20-22H,8-9,11-13H2. The normalized spacial score (nSPS) is 12.0. The van der Waals surface area contributed by atoms with E-state index < -0.39 is 6.10 Å². The molecule has 2 aromatic rings. The summed E-state index contributed by atoms with van der Waals surface area (Å²) in [5, 5.41) is 22.0. The summed E-state index contributed by atoms with van der Waals surface area (Å²) in [6.45, 7) is 1.46. The van der Waals surface area contributed by atoms with Gasteiger partial charge in [0, 0.05) is 24.2 Å². The lowest BCUT2D eigenvalue weighted by Crippen LogP contribution is -2.32. The Balaban J connectivity index is 1.79. The third-order valence-corrected chi connectivity index (χ3v) is 3.49. The topological polar surface area (TPSA) is 71.0 Å². The quantitative estimate of drug-likeness (QED) is 0.573. The molecule has 1 unspecified atom stereocenters. The van der Waals surface area contributed by atoms with Gasteiger partial charge in [-0.2, -0.15) is 0 Å². The SMILES string of the molecule is OCCNCC(O)COc1cccc(OCc2ccc(Cl)cc2)c1. The summed E-state index contributed by atoms with van der Waals surface area (Å²) in [4.78, 5) is 0. The van der Waals surface area contributed by atoms with Gasteiger partial charge in [0.15, 0.2) is 0 Å². The maximum Gasteiger partial charge on any atom is 0.123 e. The smallest absolute Gasteiger partial charge is 0.123 e. The minimum atomic E-state index is -0.643. The average Bonchev–Trinajstić information content (AvgIpc) is 2.60. The molecule has 0 aliphatic carbocycles. The van der Waals surface area contributed by atoms with E-state index in [9.17, 15) is 5.11 Å². The lowest BCUT2D eigenvalue weighted by Gasteiger charge is -2.14. The van der Waals surface area contributed by atoms with Crippen molar-refractivity contribution in [3.63, 3.8) is 0 Å². The molecule has 0 amide bonds. The van der Waals surface area contributed by atoms with Crippen LogP contribution < -0.4 is 14.8 Å². The number of ether oxygens (including phenoxy) is 2. The Hall–Kier alpha value is -1.79. The Kier molecular flexibility index (Phi) is 7.85. The first-order valence-corrected chi connectivity index (χ1v) is 8.15. The highest BCUT2D eigenvalue weighted by Gasteiger charge is 2.05. The molecule has 0 radical (unpaired) electrons. The Bertz CT molecular complexity index is 606. The summed E-state index contributed by atoms with van der Waals surface area (Å²) < 4.78 is 11.3. The maximum atomic E-state index is 9.77. The van der Waals surface area contributed by atoms with E-state index >= 15 is 0 Å². The average molecular weight is 352 g/mol. The summed E-state index contributed by atoms with van der Waals surface area (Å²) in [6.07, 6.45) is -0.643. The molecule has 6 heteroatoms. The van der Waals surface area contributed by atoms with Crippen molar-refractivity contribution in [1.29, 1.82) is 0 Å². The fourth-order valence-electron chi connectivity index (χ4n) is 2.00. The van der Waals surface area contributed by atoms with Crippen LogP contribution in [0.1, 0.15) is 5.56 Å². The molecule has 3 N–H and O–H groups in total. The molecule has 1 atom stereocenters. The molecular formula is C18H22ClNO4. The van der Waals surface area contributed by atoms with E-state index in [4.69, 9.17) is 26.2 Å². The van der Waals surface area contributed by atoms with E-state index in [1.165, 1.54) is 0 Å². The van der Waals surface area contributed by atoms with Crippen molar-refractivity contribution >= 4 is 11.6 Å². The second kappa shape index (κ2) is 10.2. The molecule has 2 aromatic carbocycles. The van der Waals surface area contributed by atoms with Crippen LogP contribution in [-0.2, 0) is 6.61 Å². The molecule has 130 valence electrons. The highest BCUT2D eigenvalue weighted by Crippen LogP contribution is 2.21. The number of hydrogen-bond donors (Lipinski definition) is 3. The van der Waals surface area contributed by atoms with Crippen LogP contribution >= 0.6 is 11.6 Å². The fraction of sp³-hybridized carbons (Fsp3) is 0.333. The van der Waals surface area contributed by atoms with Gasteiger partial charge in [0.05, 0.1) is 6.61 Å².